The normalized spacial score (nSPS) is 12.8. The van der Waals surface area contributed by atoms with E-state index < -0.39 is 12.1 Å². The Morgan fingerprint density at radius 3 is 1.37 bits per heavy atom. The maximum Gasteiger partial charge on any atom is 0.238 e. The van der Waals surface area contributed by atoms with Crippen molar-refractivity contribution in [1.29, 1.82) is 0 Å². The van der Waals surface area contributed by atoms with Crippen LogP contribution in [0.15, 0.2) is 60.7 Å². The van der Waals surface area contributed by atoms with E-state index >= 15 is 0 Å². The second-order valence-corrected chi connectivity index (χ2v) is 7.45. The lowest BCUT2D eigenvalue weighted by Crippen LogP contribution is -2.11. The third kappa shape index (κ3) is 7.73. The highest BCUT2D eigenvalue weighted by molar-refractivity contribution is 5.78. The summed E-state index contributed by atoms with van der Waals surface area (Å²) in [4.78, 5) is 34.1. The van der Waals surface area contributed by atoms with E-state index in [9.17, 15) is 25.0 Å². The number of nitro groups is 2. The number of hydrogen-bond acceptors (Lipinski definition) is 5. The molecule has 0 fully saturated rings. The number of rotatable bonds is 14. The molecule has 30 heavy (non-hydrogen) atoms. The van der Waals surface area contributed by atoms with Gasteiger partial charge in [-0.2, -0.15) is 0 Å². The zero-order valence-corrected chi connectivity index (χ0v) is 17.0. The van der Waals surface area contributed by atoms with Crippen molar-refractivity contribution in [2.75, 3.05) is 0 Å². The molecule has 0 aliphatic rings. The molecule has 160 valence electrons. The van der Waals surface area contributed by atoms with Crippen LogP contribution in [-0.4, -0.2) is 15.6 Å². The highest BCUT2D eigenvalue weighted by Gasteiger charge is 2.23. The van der Waals surface area contributed by atoms with Gasteiger partial charge in [0.25, 0.3) is 0 Å². The molecular formula is C23H28N2O5. The Morgan fingerprint density at radius 2 is 1.03 bits per heavy atom. The lowest BCUT2D eigenvalue weighted by molar-refractivity contribution is -0.530. The number of Topliss-reactive ketones (excluding diaryl/α,β-unsaturated/α-hetero) is 1. The molecule has 0 bridgehead atoms. The van der Waals surface area contributed by atoms with Crippen molar-refractivity contribution in [1.82, 2.24) is 0 Å². The minimum Gasteiger partial charge on any atom is -0.300 e. The molecule has 0 saturated carbocycles. The molecule has 0 aliphatic heterocycles. The number of ketones is 1. The summed E-state index contributed by atoms with van der Waals surface area (Å²) >= 11 is 0. The van der Waals surface area contributed by atoms with Gasteiger partial charge in [-0.1, -0.05) is 60.7 Å². The van der Waals surface area contributed by atoms with Crippen LogP contribution in [0.3, 0.4) is 0 Å². The summed E-state index contributed by atoms with van der Waals surface area (Å²) in [7, 11) is 0. The Labute approximate surface area is 176 Å². The minimum atomic E-state index is -0.738. The molecule has 2 aromatic carbocycles. The van der Waals surface area contributed by atoms with Gasteiger partial charge in [-0.25, -0.2) is 0 Å². The number of unbranched alkanes of at least 4 members (excludes halogenated alkanes) is 2. The van der Waals surface area contributed by atoms with Crippen molar-refractivity contribution in [2.45, 2.75) is 63.5 Å². The standard InChI is InChI=1S/C23H28N2O5/c26-21(15-7-9-17-22(24(27)28)19-11-3-1-4-12-19)16-8-10-18-23(25(29)30)20-13-5-2-6-14-20/h1-6,11-14,22-23H,7-10,15-18H2. The summed E-state index contributed by atoms with van der Waals surface area (Å²) in [6.07, 6.45) is 4.09. The molecule has 7 heteroatoms. The van der Waals surface area contributed by atoms with E-state index in [0.717, 1.165) is 0 Å². The molecule has 2 aromatic rings. The maximum atomic E-state index is 12.1. The summed E-state index contributed by atoms with van der Waals surface area (Å²) in [5.74, 6) is 0.115. The number of nitrogens with zero attached hydrogens (tertiary/aromatic N) is 2. The van der Waals surface area contributed by atoms with Crippen molar-refractivity contribution in [2.24, 2.45) is 0 Å². The molecule has 0 spiro atoms. The smallest absolute Gasteiger partial charge is 0.238 e. The number of carbonyl (C=O) groups is 1. The molecule has 0 saturated heterocycles. The van der Waals surface area contributed by atoms with Gasteiger partial charge in [-0.3, -0.25) is 25.0 Å². The first-order chi connectivity index (χ1) is 14.5. The molecule has 2 unspecified atom stereocenters. The topological polar surface area (TPSA) is 103 Å². The lowest BCUT2D eigenvalue weighted by atomic mass is 9.98. The van der Waals surface area contributed by atoms with Crippen LogP contribution >= 0.6 is 0 Å². The molecule has 2 atom stereocenters. The highest BCUT2D eigenvalue weighted by atomic mass is 16.6. The zero-order valence-electron chi connectivity index (χ0n) is 17.0. The lowest BCUT2D eigenvalue weighted by Gasteiger charge is -2.10. The van der Waals surface area contributed by atoms with E-state index in [-0.39, 0.29) is 15.6 Å². The van der Waals surface area contributed by atoms with E-state index in [1.165, 1.54) is 0 Å². The molecule has 0 aliphatic carbocycles. The van der Waals surface area contributed by atoms with Crippen LogP contribution < -0.4 is 0 Å². The van der Waals surface area contributed by atoms with Gasteiger partial charge in [0.1, 0.15) is 5.78 Å². The van der Waals surface area contributed by atoms with E-state index in [2.05, 4.69) is 0 Å². The van der Waals surface area contributed by atoms with E-state index in [4.69, 9.17) is 0 Å². The Kier molecular flexibility index (Phi) is 9.64. The molecule has 0 N–H and O–H groups in total. The first-order valence-electron chi connectivity index (χ1n) is 10.4. The molecule has 7 nitrogen and oxygen atoms in total. The van der Waals surface area contributed by atoms with Crippen LogP contribution in [0.25, 0.3) is 0 Å². The maximum absolute atomic E-state index is 12.1. The highest BCUT2D eigenvalue weighted by Crippen LogP contribution is 2.24. The minimum absolute atomic E-state index is 0.115. The summed E-state index contributed by atoms with van der Waals surface area (Å²) in [6, 6.07) is 16.4. The van der Waals surface area contributed by atoms with Crippen LogP contribution in [0, 0.1) is 20.2 Å². The molecule has 0 heterocycles. The van der Waals surface area contributed by atoms with E-state index in [1.807, 2.05) is 12.1 Å². The van der Waals surface area contributed by atoms with Gasteiger partial charge in [0.2, 0.25) is 12.1 Å². The first kappa shape index (κ1) is 23.2. The number of carbonyl (C=O) groups excluding carboxylic acids is 1. The van der Waals surface area contributed by atoms with Gasteiger partial charge < -0.3 is 0 Å². The third-order valence-electron chi connectivity index (χ3n) is 5.24. The molecule has 0 amide bonds. The average molecular weight is 412 g/mol. The fraction of sp³-hybridized carbons (Fsp3) is 0.435. The van der Waals surface area contributed by atoms with E-state index in [1.54, 1.807) is 48.5 Å². The summed E-state index contributed by atoms with van der Waals surface area (Å²) in [5, 5.41) is 22.6. The Balaban J connectivity index is 1.65. The van der Waals surface area contributed by atoms with Gasteiger partial charge in [0, 0.05) is 46.7 Å². The first-order valence-corrected chi connectivity index (χ1v) is 10.4. The van der Waals surface area contributed by atoms with Gasteiger partial charge in [-0.05, 0) is 25.7 Å². The molecule has 2 rings (SSSR count). The van der Waals surface area contributed by atoms with Crippen LogP contribution in [0.1, 0.15) is 74.6 Å². The van der Waals surface area contributed by atoms with Crippen molar-refractivity contribution < 1.29 is 14.6 Å². The molecule has 0 aromatic heterocycles. The average Bonchev–Trinajstić information content (AvgIpc) is 2.74. The van der Waals surface area contributed by atoms with Crippen LogP contribution in [-0.2, 0) is 4.79 Å². The van der Waals surface area contributed by atoms with Crippen molar-refractivity contribution in [3.63, 3.8) is 0 Å². The number of hydrogen-bond donors (Lipinski definition) is 0. The SMILES string of the molecule is O=C(CCCCC(c1ccccc1)[N+](=O)[O-])CCCCC(c1ccccc1)[N+](=O)[O-]. The fourth-order valence-corrected chi connectivity index (χ4v) is 3.58. The Bertz CT molecular complexity index is 743. The second-order valence-electron chi connectivity index (χ2n) is 7.45. The number of benzene rings is 2. The van der Waals surface area contributed by atoms with Crippen LogP contribution in [0.5, 0.6) is 0 Å². The van der Waals surface area contributed by atoms with Gasteiger partial charge >= 0.3 is 0 Å². The predicted octanol–water partition coefficient (Wildman–Crippen LogP) is 5.71. The second kappa shape index (κ2) is 12.5. The summed E-state index contributed by atoms with van der Waals surface area (Å²) < 4.78 is 0. The van der Waals surface area contributed by atoms with Crippen LogP contribution in [0.2, 0.25) is 0 Å². The van der Waals surface area contributed by atoms with Gasteiger partial charge in [0.15, 0.2) is 0 Å². The molecule has 0 radical (unpaired) electrons. The quantitative estimate of drug-likeness (QED) is 0.224. The zero-order chi connectivity index (χ0) is 21.8. The van der Waals surface area contributed by atoms with E-state index in [0.29, 0.717) is 62.5 Å². The largest absolute Gasteiger partial charge is 0.300 e. The van der Waals surface area contributed by atoms with Crippen molar-refractivity contribution >= 4 is 5.78 Å². The Morgan fingerprint density at radius 1 is 0.667 bits per heavy atom. The van der Waals surface area contributed by atoms with Crippen LogP contribution in [0.4, 0.5) is 0 Å². The van der Waals surface area contributed by atoms with Gasteiger partial charge in [0.05, 0.1) is 0 Å². The monoisotopic (exact) mass is 412 g/mol. The fourth-order valence-electron chi connectivity index (χ4n) is 3.58. The molecular weight excluding hydrogens is 384 g/mol. The third-order valence-corrected chi connectivity index (χ3v) is 5.24. The predicted molar refractivity (Wildman–Crippen MR) is 114 cm³/mol. The summed E-state index contributed by atoms with van der Waals surface area (Å²) in [5.41, 5.74) is 1.38. The summed E-state index contributed by atoms with van der Waals surface area (Å²) in [6.45, 7) is 0. The van der Waals surface area contributed by atoms with Crippen molar-refractivity contribution in [3.05, 3.63) is 92.0 Å². The van der Waals surface area contributed by atoms with Crippen molar-refractivity contribution in [3.8, 4) is 0 Å². The Hall–Kier alpha value is -3.09. The van der Waals surface area contributed by atoms with Gasteiger partial charge in [-0.15, -0.1) is 0 Å².